The number of allylic oxidation sites excluding steroid dienone is 1. The van der Waals surface area contributed by atoms with E-state index in [1.807, 2.05) is 44.3 Å². The lowest BCUT2D eigenvalue weighted by atomic mass is 10.1. The molecule has 0 aromatic heterocycles. The Labute approximate surface area is 89.4 Å². The summed E-state index contributed by atoms with van der Waals surface area (Å²) in [5, 5.41) is 6.20. The average molecular weight is 199 g/mol. The molecular weight excluding hydrogens is 186 g/mol. The Balaban J connectivity index is 2.40. The predicted octanol–water partition coefficient (Wildman–Crippen LogP) is 2.27. The number of hydrogen-bond acceptors (Lipinski definition) is 3. The molecule has 0 atom stereocenters. The molecule has 1 aromatic rings. The normalized spacial score (nSPS) is 16.1. The minimum atomic E-state index is 0.719. The first kappa shape index (κ1) is 9.65. The largest absolute Gasteiger partial charge is 0.254 e. The van der Waals surface area contributed by atoms with E-state index >= 15 is 0 Å². The summed E-state index contributed by atoms with van der Waals surface area (Å²) in [6, 6.07) is 9.96. The molecule has 0 saturated heterocycles. The molecule has 1 aromatic carbocycles. The Morgan fingerprint density at radius 2 is 1.87 bits per heavy atom. The van der Waals surface area contributed by atoms with Crippen molar-refractivity contribution in [2.75, 3.05) is 7.05 Å². The molecule has 3 nitrogen and oxygen atoms in total. The second kappa shape index (κ2) is 3.69. The number of nitrogens with zero attached hydrogens (tertiary/aromatic N) is 3. The molecule has 0 fully saturated rings. The van der Waals surface area contributed by atoms with Crippen LogP contribution in [0, 0.1) is 0 Å². The van der Waals surface area contributed by atoms with E-state index in [1.54, 1.807) is 5.01 Å². The number of rotatable bonds is 1. The predicted molar refractivity (Wildman–Crippen MR) is 63.0 cm³/mol. The van der Waals surface area contributed by atoms with Crippen LogP contribution in [0.2, 0.25) is 0 Å². The number of amidine groups is 1. The Bertz CT molecular complexity index is 443. The molecule has 0 spiro atoms. The molecule has 1 aliphatic heterocycles. The number of hydrogen-bond donors (Lipinski definition) is 0. The fraction of sp³-hybridized carbons (Fsp3) is 0.167. The highest BCUT2D eigenvalue weighted by Crippen LogP contribution is 2.14. The van der Waals surface area contributed by atoms with Crippen molar-refractivity contribution in [2.24, 2.45) is 10.1 Å². The fourth-order valence-corrected chi connectivity index (χ4v) is 1.42. The molecule has 0 bridgehead atoms. The van der Waals surface area contributed by atoms with Gasteiger partial charge in [0.05, 0.1) is 5.70 Å². The maximum atomic E-state index is 4.43. The van der Waals surface area contributed by atoms with E-state index in [0.717, 1.165) is 22.8 Å². The molecule has 0 saturated carbocycles. The van der Waals surface area contributed by atoms with E-state index in [4.69, 9.17) is 0 Å². The molecule has 0 N–H and O–H groups in total. The highest BCUT2D eigenvalue weighted by molar-refractivity contribution is 6.14. The summed E-state index contributed by atoms with van der Waals surface area (Å²) >= 11 is 0. The topological polar surface area (TPSA) is 28.0 Å². The smallest absolute Gasteiger partial charge is 0.122 e. The third-order valence-corrected chi connectivity index (χ3v) is 2.34. The summed E-state index contributed by atoms with van der Waals surface area (Å²) in [6.07, 6.45) is 0. The second-order valence-corrected chi connectivity index (χ2v) is 3.44. The SMILES string of the molecule is C=C1N=C(C)N(C)N=C1c1ccccc1. The molecule has 0 aliphatic carbocycles. The summed E-state index contributed by atoms with van der Waals surface area (Å²) in [4.78, 5) is 4.34. The minimum absolute atomic E-state index is 0.719. The van der Waals surface area contributed by atoms with Gasteiger partial charge in [0.2, 0.25) is 0 Å². The summed E-state index contributed by atoms with van der Waals surface area (Å²) in [5.41, 5.74) is 2.60. The zero-order chi connectivity index (χ0) is 10.8. The summed E-state index contributed by atoms with van der Waals surface area (Å²) in [6.45, 7) is 5.83. The zero-order valence-electron chi connectivity index (χ0n) is 8.94. The van der Waals surface area contributed by atoms with Gasteiger partial charge in [-0.15, -0.1) is 0 Å². The van der Waals surface area contributed by atoms with Crippen LogP contribution >= 0.6 is 0 Å². The lowest BCUT2D eigenvalue weighted by Gasteiger charge is -2.20. The van der Waals surface area contributed by atoms with E-state index < -0.39 is 0 Å². The molecular formula is C12H13N3. The molecule has 15 heavy (non-hydrogen) atoms. The van der Waals surface area contributed by atoms with Crippen molar-refractivity contribution in [1.82, 2.24) is 5.01 Å². The first-order chi connectivity index (χ1) is 7.18. The van der Waals surface area contributed by atoms with E-state index in [9.17, 15) is 0 Å². The van der Waals surface area contributed by atoms with Crippen LogP contribution in [0.15, 0.2) is 52.7 Å². The van der Waals surface area contributed by atoms with Crippen LogP contribution in [-0.2, 0) is 0 Å². The van der Waals surface area contributed by atoms with Gasteiger partial charge in [-0.2, -0.15) is 5.10 Å². The highest BCUT2D eigenvalue weighted by atomic mass is 15.5. The maximum absolute atomic E-state index is 4.43. The lowest BCUT2D eigenvalue weighted by Crippen LogP contribution is -2.25. The number of benzene rings is 1. The molecule has 3 heteroatoms. The Hall–Kier alpha value is -1.90. The van der Waals surface area contributed by atoms with Crippen molar-refractivity contribution in [3.05, 3.63) is 48.2 Å². The molecule has 76 valence electrons. The maximum Gasteiger partial charge on any atom is 0.122 e. The van der Waals surface area contributed by atoms with Crippen LogP contribution < -0.4 is 0 Å². The molecule has 0 amide bonds. The van der Waals surface area contributed by atoms with Crippen LogP contribution in [0.3, 0.4) is 0 Å². The van der Waals surface area contributed by atoms with Gasteiger partial charge in [-0.05, 0) is 6.92 Å². The third-order valence-electron chi connectivity index (χ3n) is 2.34. The van der Waals surface area contributed by atoms with Gasteiger partial charge in [0.15, 0.2) is 0 Å². The Morgan fingerprint density at radius 3 is 2.53 bits per heavy atom. The van der Waals surface area contributed by atoms with Crippen LogP contribution in [0.25, 0.3) is 0 Å². The Kier molecular flexibility index (Phi) is 2.37. The molecule has 2 rings (SSSR count). The lowest BCUT2D eigenvalue weighted by molar-refractivity contribution is 0.534. The van der Waals surface area contributed by atoms with Gasteiger partial charge in [0.25, 0.3) is 0 Å². The van der Waals surface area contributed by atoms with Crippen LogP contribution in [0.5, 0.6) is 0 Å². The van der Waals surface area contributed by atoms with E-state index in [0.29, 0.717) is 0 Å². The van der Waals surface area contributed by atoms with Gasteiger partial charge in [0.1, 0.15) is 11.5 Å². The van der Waals surface area contributed by atoms with Gasteiger partial charge < -0.3 is 0 Å². The fourth-order valence-electron chi connectivity index (χ4n) is 1.42. The van der Waals surface area contributed by atoms with Gasteiger partial charge in [-0.25, -0.2) is 4.99 Å². The summed E-state index contributed by atoms with van der Waals surface area (Å²) in [5.74, 6) is 0.861. The molecule has 1 heterocycles. The van der Waals surface area contributed by atoms with Crippen LogP contribution in [0.1, 0.15) is 12.5 Å². The van der Waals surface area contributed by atoms with Gasteiger partial charge >= 0.3 is 0 Å². The first-order valence-corrected chi connectivity index (χ1v) is 4.81. The Morgan fingerprint density at radius 1 is 1.20 bits per heavy atom. The van der Waals surface area contributed by atoms with Crippen molar-refractivity contribution in [3.63, 3.8) is 0 Å². The first-order valence-electron chi connectivity index (χ1n) is 4.81. The molecule has 0 radical (unpaired) electrons. The van der Waals surface area contributed by atoms with Gasteiger partial charge in [-0.1, -0.05) is 36.9 Å². The monoisotopic (exact) mass is 199 g/mol. The van der Waals surface area contributed by atoms with E-state index in [1.165, 1.54) is 0 Å². The van der Waals surface area contributed by atoms with Crippen molar-refractivity contribution in [1.29, 1.82) is 0 Å². The third kappa shape index (κ3) is 1.81. The average Bonchev–Trinajstić information content (AvgIpc) is 2.25. The van der Waals surface area contributed by atoms with Crippen molar-refractivity contribution >= 4 is 11.5 Å². The van der Waals surface area contributed by atoms with Crippen molar-refractivity contribution in [2.45, 2.75) is 6.92 Å². The summed E-state index contributed by atoms with van der Waals surface area (Å²) in [7, 11) is 1.88. The van der Waals surface area contributed by atoms with Gasteiger partial charge in [-0.3, -0.25) is 5.01 Å². The zero-order valence-corrected chi connectivity index (χ0v) is 8.94. The standard InChI is InChI=1S/C12H13N3/c1-9-12(11-7-5-4-6-8-11)14-15(3)10(2)13-9/h4-8H,1H2,2-3H3. The minimum Gasteiger partial charge on any atom is -0.254 e. The van der Waals surface area contributed by atoms with Crippen LogP contribution in [0.4, 0.5) is 0 Å². The quantitative estimate of drug-likeness (QED) is 0.681. The number of aliphatic imine (C=N–C) groups is 1. The summed E-state index contributed by atoms with van der Waals surface area (Å²) < 4.78 is 0. The highest BCUT2D eigenvalue weighted by Gasteiger charge is 2.14. The van der Waals surface area contributed by atoms with Crippen LogP contribution in [-0.4, -0.2) is 23.6 Å². The van der Waals surface area contributed by atoms with E-state index in [-0.39, 0.29) is 0 Å². The van der Waals surface area contributed by atoms with E-state index in [2.05, 4.69) is 16.7 Å². The van der Waals surface area contributed by atoms with Crippen molar-refractivity contribution < 1.29 is 0 Å². The second-order valence-electron chi connectivity index (χ2n) is 3.44. The number of hydrazone groups is 1. The molecule has 0 unspecified atom stereocenters. The molecule has 1 aliphatic rings. The van der Waals surface area contributed by atoms with Gasteiger partial charge in [0, 0.05) is 12.6 Å². The van der Waals surface area contributed by atoms with Crippen molar-refractivity contribution in [3.8, 4) is 0 Å².